The van der Waals surface area contributed by atoms with Crippen molar-refractivity contribution in [2.75, 3.05) is 13.7 Å². The summed E-state index contributed by atoms with van der Waals surface area (Å²) < 4.78 is 8.20. The molecule has 5 nitrogen and oxygen atoms in total. The molecule has 30 heavy (non-hydrogen) atoms. The van der Waals surface area contributed by atoms with Crippen LogP contribution in [0.25, 0.3) is 0 Å². The molecule has 0 saturated carbocycles. The SMILES string of the molecule is Cc1ccccc1CSc1nnc(CN(C)Cc2ccccc2)n1C[C@@H]1CCCO1. The van der Waals surface area contributed by atoms with Gasteiger partial charge in [-0.25, -0.2) is 0 Å². The first-order valence-electron chi connectivity index (χ1n) is 10.6. The maximum Gasteiger partial charge on any atom is 0.191 e. The van der Waals surface area contributed by atoms with Crippen molar-refractivity contribution >= 4 is 11.8 Å². The van der Waals surface area contributed by atoms with Gasteiger partial charge in [0.2, 0.25) is 0 Å². The molecule has 1 atom stereocenters. The average Bonchev–Trinajstić information content (AvgIpc) is 3.39. The summed E-state index contributed by atoms with van der Waals surface area (Å²) in [6.45, 7) is 5.51. The Morgan fingerprint density at radius 2 is 1.87 bits per heavy atom. The number of thioether (sulfide) groups is 1. The van der Waals surface area contributed by atoms with Gasteiger partial charge in [-0.05, 0) is 43.5 Å². The number of nitrogens with zero attached hydrogens (tertiary/aromatic N) is 4. The van der Waals surface area contributed by atoms with Crippen LogP contribution >= 0.6 is 11.8 Å². The van der Waals surface area contributed by atoms with Crippen LogP contribution in [0.15, 0.2) is 59.8 Å². The van der Waals surface area contributed by atoms with Crippen molar-refractivity contribution in [3.63, 3.8) is 0 Å². The molecule has 0 unspecified atom stereocenters. The van der Waals surface area contributed by atoms with Crippen LogP contribution in [0, 0.1) is 6.92 Å². The Labute approximate surface area is 183 Å². The molecular weight excluding hydrogens is 392 g/mol. The van der Waals surface area contributed by atoms with Crippen molar-refractivity contribution in [1.82, 2.24) is 19.7 Å². The van der Waals surface area contributed by atoms with E-state index in [1.165, 1.54) is 16.7 Å². The standard InChI is InChI=1S/C24H30N4OS/c1-19-9-6-7-12-21(19)18-30-24-26-25-23(28(24)16-22-13-8-14-29-22)17-27(2)15-20-10-4-3-5-11-20/h3-7,9-12,22H,8,13-18H2,1-2H3/t22-/m0/s1. The fourth-order valence-electron chi connectivity index (χ4n) is 3.82. The summed E-state index contributed by atoms with van der Waals surface area (Å²) in [4.78, 5) is 2.29. The first-order chi connectivity index (χ1) is 14.7. The fourth-order valence-corrected chi connectivity index (χ4v) is 4.87. The summed E-state index contributed by atoms with van der Waals surface area (Å²) in [6, 6.07) is 19.1. The van der Waals surface area contributed by atoms with Crippen molar-refractivity contribution in [2.24, 2.45) is 0 Å². The van der Waals surface area contributed by atoms with Gasteiger partial charge in [0.15, 0.2) is 5.16 Å². The molecule has 6 heteroatoms. The van der Waals surface area contributed by atoms with Gasteiger partial charge in [-0.15, -0.1) is 10.2 Å². The molecule has 0 radical (unpaired) electrons. The number of benzene rings is 2. The van der Waals surface area contributed by atoms with Gasteiger partial charge in [-0.1, -0.05) is 66.4 Å². The van der Waals surface area contributed by atoms with E-state index < -0.39 is 0 Å². The summed E-state index contributed by atoms with van der Waals surface area (Å²) in [5.41, 5.74) is 3.97. The number of hydrogen-bond acceptors (Lipinski definition) is 5. The lowest BCUT2D eigenvalue weighted by Gasteiger charge is -2.19. The zero-order chi connectivity index (χ0) is 20.8. The minimum Gasteiger partial charge on any atom is -0.376 e. The largest absolute Gasteiger partial charge is 0.376 e. The van der Waals surface area contributed by atoms with Gasteiger partial charge in [0.25, 0.3) is 0 Å². The molecule has 0 N–H and O–H groups in total. The van der Waals surface area contributed by atoms with E-state index in [1.807, 2.05) is 0 Å². The Bertz CT molecular complexity index is 937. The van der Waals surface area contributed by atoms with Crippen LogP contribution in [-0.4, -0.2) is 39.4 Å². The van der Waals surface area contributed by atoms with Gasteiger partial charge in [-0.2, -0.15) is 0 Å². The maximum atomic E-state index is 5.92. The molecule has 1 aliphatic rings. The normalized spacial score (nSPS) is 16.4. The van der Waals surface area contributed by atoms with E-state index in [9.17, 15) is 0 Å². The third-order valence-electron chi connectivity index (χ3n) is 5.53. The Hall–Kier alpha value is -2.15. The van der Waals surface area contributed by atoms with Gasteiger partial charge < -0.3 is 9.30 Å². The van der Waals surface area contributed by atoms with Crippen LogP contribution in [0.3, 0.4) is 0 Å². The molecular formula is C24H30N4OS. The Balaban J connectivity index is 1.48. The highest BCUT2D eigenvalue weighted by atomic mass is 32.2. The predicted octanol–water partition coefficient (Wildman–Crippen LogP) is 4.69. The van der Waals surface area contributed by atoms with Crippen molar-refractivity contribution in [2.45, 2.75) is 56.4 Å². The third-order valence-corrected chi connectivity index (χ3v) is 6.54. The first kappa shape index (κ1) is 21.1. The number of aryl methyl sites for hydroxylation is 1. The predicted molar refractivity (Wildman–Crippen MR) is 121 cm³/mol. The molecule has 0 spiro atoms. The van der Waals surface area contributed by atoms with Crippen LogP contribution in [0.2, 0.25) is 0 Å². The Morgan fingerprint density at radius 1 is 1.07 bits per heavy atom. The molecule has 0 amide bonds. The highest BCUT2D eigenvalue weighted by molar-refractivity contribution is 7.98. The Morgan fingerprint density at radius 3 is 2.63 bits per heavy atom. The molecule has 1 aromatic heterocycles. The first-order valence-corrected chi connectivity index (χ1v) is 11.6. The average molecular weight is 423 g/mol. The number of hydrogen-bond donors (Lipinski definition) is 0. The van der Waals surface area contributed by atoms with E-state index in [4.69, 9.17) is 4.74 Å². The summed E-state index contributed by atoms with van der Waals surface area (Å²) in [5.74, 6) is 1.91. The van der Waals surface area contributed by atoms with Crippen molar-refractivity contribution in [1.29, 1.82) is 0 Å². The van der Waals surface area contributed by atoms with E-state index in [0.717, 1.165) is 55.8 Å². The minimum atomic E-state index is 0.261. The highest BCUT2D eigenvalue weighted by Gasteiger charge is 2.21. The van der Waals surface area contributed by atoms with Crippen molar-refractivity contribution in [3.05, 3.63) is 77.1 Å². The second-order valence-corrected chi connectivity index (χ2v) is 8.96. The number of rotatable bonds is 9. The van der Waals surface area contributed by atoms with E-state index in [1.54, 1.807) is 11.8 Å². The molecule has 2 aromatic carbocycles. The van der Waals surface area contributed by atoms with Crippen LogP contribution < -0.4 is 0 Å². The third kappa shape index (κ3) is 5.50. The molecule has 0 bridgehead atoms. The smallest absolute Gasteiger partial charge is 0.191 e. The monoisotopic (exact) mass is 422 g/mol. The van der Waals surface area contributed by atoms with Crippen molar-refractivity contribution in [3.8, 4) is 0 Å². The van der Waals surface area contributed by atoms with Crippen LogP contribution in [-0.2, 0) is 30.1 Å². The van der Waals surface area contributed by atoms with Gasteiger partial charge in [0, 0.05) is 18.9 Å². The summed E-state index contributed by atoms with van der Waals surface area (Å²) in [5, 5.41) is 10.1. The number of ether oxygens (including phenoxy) is 1. The van der Waals surface area contributed by atoms with Crippen LogP contribution in [0.1, 0.15) is 35.4 Å². The molecule has 4 rings (SSSR count). The molecule has 3 aromatic rings. The van der Waals surface area contributed by atoms with Crippen molar-refractivity contribution < 1.29 is 4.74 Å². The van der Waals surface area contributed by atoms with Gasteiger partial charge >= 0.3 is 0 Å². The summed E-state index contributed by atoms with van der Waals surface area (Å²) in [6.07, 6.45) is 2.51. The summed E-state index contributed by atoms with van der Waals surface area (Å²) in [7, 11) is 2.14. The quantitative estimate of drug-likeness (QED) is 0.468. The van der Waals surface area contributed by atoms with E-state index in [2.05, 4.69) is 88.2 Å². The molecule has 0 aliphatic carbocycles. The zero-order valence-corrected chi connectivity index (χ0v) is 18.6. The minimum absolute atomic E-state index is 0.261. The zero-order valence-electron chi connectivity index (χ0n) is 17.8. The lowest BCUT2D eigenvalue weighted by Crippen LogP contribution is -2.23. The molecule has 1 saturated heterocycles. The second kappa shape index (κ2) is 10.2. The van der Waals surface area contributed by atoms with E-state index >= 15 is 0 Å². The second-order valence-electron chi connectivity index (χ2n) is 8.02. The lowest BCUT2D eigenvalue weighted by molar-refractivity contribution is 0.0934. The van der Waals surface area contributed by atoms with E-state index in [-0.39, 0.29) is 6.10 Å². The van der Waals surface area contributed by atoms with Crippen LogP contribution in [0.4, 0.5) is 0 Å². The fraction of sp³-hybridized carbons (Fsp3) is 0.417. The molecule has 2 heterocycles. The van der Waals surface area contributed by atoms with Gasteiger partial charge in [-0.3, -0.25) is 4.90 Å². The molecule has 1 fully saturated rings. The van der Waals surface area contributed by atoms with Gasteiger partial charge in [0.1, 0.15) is 5.82 Å². The maximum absolute atomic E-state index is 5.92. The lowest BCUT2D eigenvalue weighted by atomic mass is 10.1. The number of aromatic nitrogens is 3. The Kier molecular flexibility index (Phi) is 7.20. The molecule has 1 aliphatic heterocycles. The molecule has 158 valence electrons. The van der Waals surface area contributed by atoms with Gasteiger partial charge in [0.05, 0.1) is 19.2 Å². The highest BCUT2D eigenvalue weighted by Crippen LogP contribution is 2.26. The van der Waals surface area contributed by atoms with E-state index in [0.29, 0.717) is 0 Å². The topological polar surface area (TPSA) is 43.2 Å². The summed E-state index contributed by atoms with van der Waals surface area (Å²) >= 11 is 1.76. The van der Waals surface area contributed by atoms with Crippen LogP contribution in [0.5, 0.6) is 0 Å².